The van der Waals surface area contributed by atoms with Gasteiger partial charge >= 0.3 is 6.03 Å². The lowest BCUT2D eigenvalue weighted by atomic mass is 9.80. The van der Waals surface area contributed by atoms with Crippen molar-refractivity contribution in [1.29, 1.82) is 0 Å². The fourth-order valence-electron chi connectivity index (χ4n) is 4.02. The van der Waals surface area contributed by atoms with Crippen LogP contribution in [0.4, 0.5) is 4.79 Å². The predicted octanol–water partition coefficient (Wildman–Crippen LogP) is 3.36. The maximum atomic E-state index is 13.1. The number of rotatable bonds is 4. The van der Waals surface area contributed by atoms with E-state index < -0.39 is 17.5 Å². The molecule has 146 valence electrons. The van der Waals surface area contributed by atoms with Crippen LogP contribution in [0, 0.1) is 0 Å². The molecule has 1 aromatic heterocycles. The largest absolute Gasteiger partial charge is 0.348 e. The predicted molar refractivity (Wildman–Crippen MR) is 107 cm³/mol. The van der Waals surface area contributed by atoms with Gasteiger partial charge in [0.25, 0.3) is 5.91 Å². The second-order valence-electron chi connectivity index (χ2n) is 7.15. The zero-order valence-electron chi connectivity index (χ0n) is 15.3. The van der Waals surface area contributed by atoms with Gasteiger partial charge < -0.3 is 10.6 Å². The number of carbonyl (C=O) groups excluding carboxylic acids is 3. The molecule has 1 aromatic carbocycles. The first-order valence-corrected chi connectivity index (χ1v) is 10.4. The molecular formula is C20H20ClN3O3S. The molecule has 0 radical (unpaired) electrons. The molecular weight excluding hydrogens is 398 g/mol. The summed E-state index contributed by atoms with van der Waals surface area (Å²) >= 11 is 7.77. The van der Waals surface area contributed by atoms with Crippen LogP contribution in [-0.2, 0) is 21.5 Å². The quantitative estimate of drug-likeness (QED) is 0.748. The average Bonchev–Trinajstić information content (AvgIpc) is 3.23. The highest BCUT2D eigenvalue weighted by Gasteiger charge is 2.54. The Hall–Kier alpha value is -2.38. The van der Waals surface area contributed by atoms with Crippen LogP contribution in [0.1, 0.15) is 41.8 Å². The van der Waals surface area contributed by atoms with Gasteiger partial charge in [0.2, 0.25) is 5.91 Å². The number of amides is 4. The summed E-state index contributed by atoms with van der Waals surface area (Å²) in [5, 5.41) is 8.16. The zero-order chi connectivity index (χ0) is 19.9. The number of nitrogens with zero attached hydrogens (tertiary/aromatic N) is 1. The monoisotopic (exact) mass is 417 g/mol. The number of aryl methyl sites for hydroxylation is 1. The Morgan fingerprint density at radius 3 is 2.93 bits per heavy atom. The molecule has 1 saturated heterocycles. The van der Waals surface area contributed by atoms with Crippen molar-refractivity contribution in [3.63, 3.8) is 0 Å². The lowest BCUT2D eigenvalue weighted by Crippen LogP contribution is -2.47. The summed E-state index contributed by atoms with van der Waals surface area (Å²) in [5.41, 5.74) is 0.620. The molecule has 4 rings (SSSR count). The third-order valence-electron chi connectivity index (χ3n) is 5.39. The average molecular weight is 418 g/mol. The van der Waals surface area contributed by atoms with Crippen LogP contribution in [-0.4, -0.2) is 29.3 Å². The molecule has 2 aromatic rings. The fourth-order valence-corrected chi connectivity index (χ4v) is 5.32. The minimum atomic E-state index is -1.03. The van der Waals surface area contributed by atoms with Crippen molar-refractivity contribution in [3.8, 4) is 0 Å². The number of nitrogens with one attached hydrogen (secondary N) is 2. The molecule has 2 heterocycles. The summed E-state index contributed by atoms with van der Waals surface area (Å²) in [6.45, 7) is 1.49. The van der Waals surface area contributed by atoms with E-state index in [0.29, 0.717) is 11.4 Å². The summed E-state index contributed by atoms with van der Waals surface area (Å²) in [4.78, 5) is 40.3. The number of hydrogen-bond donors (Lipinski definition) is 2. The molecule has 1 fully saturated rings. The molecule has 28 heavy (non-hydrogen) atoms. The van der Waals surface area contributed by atoms with E-state index in [1.807, 2.05) is 36.6 Å². The van der Waals surface area contributed by atoms with Gasteiger partial charge in [0.1, 0.15) is 12.1 Å². The van der Waals surface area contributed by atoms with Crippen LogP contribution in [0.3, 0.4) is 0 Å². The summed E-state index contributed by atoms with van der Waals surface area (Å²) < 4.78 is 0. The number of urea groups is 1. The number of imide groups is 1. The van der Waals surface area contributed by atoms with Crippen LogP contribution >= 0.6 is 22.9 Å². The highest BCUT2D eigenvalue weighted by molar-refractivity contribution is 7.10. The van der Waals surface area contributed by atoms with Crippen molar-refractivity contribution in [2.24, 2.45) is 0 Å². The molecule has 6 nitrogen and oxygen atoms in total. The highest BCUT2D eigenvalue weighted by atomic mass is 35.5. The van der Waals surface area contributed by atoms with Gasteiger partial charge in [0, 0.05) is 15.5 Å². The molecule has 1 aliphatic heterocycles. The van der Waals surface area contributed by atoms with Crippen LogP contribution in [0.2, 0.25) is 5.02 Å². The zero-order valence-corrected chi connectivity index (χ0v) is 16.9. The summed E-state index contributed by atoms with van der Waals surface area (Å²) in [5.74, 6) is -0.758. The van der Waals surface area contributed by atoms with E-state index in [0.717, 1.165) is 33.7 Å². The van der Waals surface area contributed by atoms with Crippen molar-refractivity contribution >= 4 is 40.8 Å². The molecule has 1 aliphatic carbocycles. The summed E-state index contributed by atoms with van der Waals surface area (Å²) in [6.07, 6.45) is 2.28. The first-order chi connectivity index (χ1) is 13.4. The number of thiophene rings is 1. The molecule has 4 amide bonds. The van der Waals surface area contributed by atoms with Gasteiger partial charge in [-0.2, -0.15) is 0 Å². The standard InChI is InChI=1S/C20H20ClN3O3S/c1-12(13-5-2-3-6-15(13)21)22-17(25)11-24-18(26)20(23-19(24)27)9-4-7-16-14(20)8-10-28-16/h2-3,5-6,8,10,12H,4,7,9,11H2,1H3,(H,22,25)(H,23,27)/t12-,20+/m1/s1. The van der Waals surface area contributed by atoms with E-state index in [1.54, 1.807) is 17.4 Å². The van der Waals surface area contributed by atoms with Gasteiger partial charge in [0.15, 0.2) is 0 Å². The van der Waals surface area contributed by atoms with E-state index in [-0.39, 0.29) is 18.5 Å². The Bertz CT molecular complexity index is 960. The van der Waals surface area contributed by atoms with Gasteiger partial charge in [0.05, 0.1) is 6.04 Å². The molecule has 2 aliphatic rings. The third kappa shape index (κ3) is 3.08. The Balaban J connectivity index is 1.49. The van der Waals surface area contributed by atoms with Crippen LogP contribution in [0.5, 0.6) is 0 Å². The van der Waals surface area contributed by atoms with E-state index in [9.17, 15) is 14.4 Å². The smallest absolute Gasteiger partial charge is 0.325 e. The second-order valence-corrected chi connectivity index (χ2v) is 8.56. The minimum absolute atomic E-state index is 0.319. The third-order valence-corrected chi connectivity index (χ3v) is 6.71. The van der Waals surface area contributed by atoms with Gasteiger partial charge in [-0.05, 0) is 49.3 Å². The molecule has 0 bridgehead atoms. The Kier molecular flexibility index (Phi) is 4.89. The van der Waals surface area contributed by atoms with Crippen molar-refractivity contribution < 1.29 is 14.4 Å². The molecule has 0 unspecified atom stereocenters. The number of halogens is 1. The molecule has 0 saturated carbocycles. The molecule has 2 N–H and O–H groups in total. The normalized spacial score (nSPS) is 22.1. The molecule has 8 heteroatoms. The molecule has 1 spiro atoms. The van der Waals surface area contributed by atoms with E-state index in [4.69, 9.17) is 11.6 Å². The second kappa shape index (κ2) is 7.22. The lowest BCUT2D eigenvalue weighted by molar-refractivity contribution is -0.135. The minimum Gasteiger partial charge on any atom is -0.348 e. The van der Waals surface area contributed by atoms with Crippen LogP contribution in [0.25, 0.3) is 0 Å². The van der Waals surface area contributed by atoms with Crippen molar-refractivity contribution in [3.05, 3.63) is 56.7 Å². The highest BCUT2D eigenvalue weighted by Crippen LogP contribution is 2.42. The van der Waals surface area contributed by atoms with E-state index in [1.165, 1.54) is 0 Å². The first kappa shape index (κ1) is 19.0. The number of carbonyl (C=O) groups is 3. The Labute approximate surface area is 171 Å². The Morgan fingerprint density at radius 1 is 1.36 bits per heavy atom. The van der Waals surface area contributed by atoms with Crippen LogP contribution < -0.4 is 10.6 Å². The summed E-state index contributed by atoms with van der Waals surface area (Å²) in [7, 11) is 0. The van der Waals surface area contributed by atoms with Crippen molar-refractivity contribution in [2.75, 3.05) is 6.54 Å². The van der Waals surface area contributed by atoms with Crippen molar-refractivity contribution in [1.82, 2.24) is 15.5 Å². The number of benzene rings is 1. The maximum Gasteiger partial charge on any atom is 0.325 e. The van der Waals surface area contributed by atoms with E-state index in [2.05, 4.69) is 10.6 Å². The number of hydrogen-bond acceptors (Lipinski definition) is 4. The maximum absolute atomic E-state index is 13.1. The first-order valence-electron chi connectivity index (χ1n) is 9.17. The lowest BCUT2D eigenvalue weighted by Gasteiger charge is -2.31. The van der Waals surface area contributed by atoms with Crippen LogP contribution in [0.15, 0.2) is 35.7 Å². The van der Waals surface area contributed by atoms with Crippen molar-refractivity contribution in [2.45, 2.75) is 37.8 Å². The van der Waals surface area contributed by atoms with Gasteiger partial charge in [-0.15, -0.1) is 11.3 Å². The van der Waals surface area contributed by atoms with Gasteiger partial charge in [-0.1, -0.05) is 29.8 Å². The number of fused-ring (bicyclic) bond motifs is 2. The fraction of sp³-hybridized carbons (Fsp3) is 0.350. The molecule has 2 atom stereocenters. The SMILES string of the molecule is C[C@@H](NC(=O)CN1C(=O)N[C@]2(CCCc3sccc32)C1=O)c1ccccc1Cl. The topological polar surface area (TPSA) is 78.5 Å². The Morgan fingerprint density at radius 2 is 2.14 bits per heavy atom. The van der Waals surface area contributed by atoms with Gasteiger partial charge in [-0.3, -0.25) is 14.5 Å². The van der Waals surface area contributed by atoms with Gasteiger partial charge in [-0.25, -0.2) is 4.79 Å². The van der Waals surface area contributed by atoms with E-state index >= 15 is 0 Å². The summed E-state index contributed by atoms with van der Waals surface area (Å²) in [6, 6.07) is 8.28.